The van der Waals surface area contributed by atoms with Gasteiger partial charge in [-0.3, -0.25) is 4.79 Å². The van der Waals surface area contributed by atoms with Crippen LogP contribution in [0.5, 0.6) is 0 Å². The van der Waals surface area contributed by atoms with Gasteiger partial charge in [-0.1, -0.05) is 26.0 Å². The minimum Gasteiger partial charge on any atom is -0.341 e. The van der Waals surface area contributed by atoms with Gasteiger partial charge in [0.25, 0.3) is 5.91 Å². The van der Waals surface area contributed by atoms with Gasteiger partial charge in [0.2, 0.25) is 0 Å². The molecule has 1 aromatic carbocycles. The van der Waals surface area contributed by atoms with Crippen LogP contribution in [0.15, 0.2) is 24.3 Å². The van der Waals surface area contributed by atoms with Crippen LogP contribution in [0, 0.1) is 5.41 Å². The Labute approximate surface area is 139 Å². The van der Waals surface area contributed by atoms with Gasteiger partial charge >= 0.3 is 0 Å². The summed E-state index contributed by atoms with van der Waals surface area (Å²) in [6.07, 6.45) is 1.19. The Morgan fingerprint density at radius 3 is 2.14 bits per heavy atom. The first kappa shape index (κ1) is 20.9. The van der Waals surface area contributed by atoms with Crippen molar-refractivity contribution < 1.29 is 13.2 Å². The molecular formula is C15H25ClN2O3S. The number of hydrogen-bond acceptors (Lipinski definition) is 4. The lowest BCUT2D eigenvalue weighted by Crippen LogP contribution is -2.39. The van der Waals surface area contributed by atoms with E-state index in [1.807, 2.05) is 13.8 Å². The maximum Gasteiger partial charge on any atom is 0.253 e. The normalized spacial score (nSPS) is 11.7. The first-order chi connectivity index (χ1) is 9.54. The number of benzene rings is 1. The molecule has 0 aliphatic rings. The lowest BCUT2D eigenvalue weighted by Gasteiger charge is -2.29. The zero-order chi connectivity index (χ0) is 16.3. The van der Waals surface area contributed by atoms with Gasteiger partial charge in [-0.05, 0) is 29.7 Å². The van der Waals surface area contributed by atoms with Crippen molar-refractivity contribution in [2.75, 3.05) is 26.4 Å². The zero-order valence-electron chi connectivity index (χ0n) is 13.5. The fourth-order valence-corrected chi connectivity index (χ4v) is 2.84. The van der Waals surface area contributed by atoms with Crippen molar-refractivity contribution in [2.24, 2.45) is 11.1 Å². The summed E-state index contributed by atoms with van der Waals surface area (Å²) in [7, 11) is -1.32. The van der Waals surface area contributed by atoms with Crippen molar-refractivity contribution in [3.05, 3.63) is 35.4 Å². The second-order valence-corrected chi connectivity index (χ2v) is 8.44. The highest BCUT2D eigenvalue weighted by Crippen LogP contribution is 2.16. The quantitative estimate of drug-likeness (QED) is 0.848. The summed E-state index contributed by atoms with van der Waals surface area (Å²) in [5, 5.41) is 0. The molecule has 0 aromatic heterocycles. The molecule has 0 aliphatic heterocycles. The van der Waals surface area contributed by atoms with E-state index in [1.165, 1.54) is 6.26 Å². The molecule has 0 saturated heterocycles. The Hall–Kier alpha value is -1.11. The highest BCUT2D eigenvalue weighted by Gasteiger charge is 2.21. The molecule has 7 heteroatoms. The number of sulfone groups is 1. The third kappa shape index (κ3) is 6.77. The second kappa shape index (κ2) is 7.94. The number of carbonyl (C=O) groups is 1. The minimum absolute atomic E-state index is 0. The van der Waals surface area contributed by atoms with Crippen molar-refractivity contribution >= 4 is 28.2 Å². The van der Waals surface area contributed by atoms with E-state index in [2.05, 4.69) is 0 Å². The SMILES string of the molecule is CN(CC(C)(C)CN)C(=O)c1ccc(CS(C)(=O)=O)cc1.Cl. The zero-order valence-corrected chi connectivity index (χ0v) is 15.1. The van der Waals surface area contributed by atoms with Crippen LogP contribution in [-0.4, -0.2) is 45.6 Å². The van der Waals surface area contributed by atoms with E-state index in [0.717, 1.165) is 0 Å². The van der Waals surface area contributed by atoms with Crippen LogP contribution in [0.4, 0.5) is 0 Å². The maximum atomic E-state index is 12.3. The molecule has 0 spiro atoms. The topological polar surface area (TPSA) is 80.5 Å². The smallest absolute Gasteiger partial charge is 0.253 e. The van der Waals surface area contributed by atoms with Gasteiger partial charge in [0.05, 0.1) is 5.75 Å². The highest BCUT2D eigenvalue weighted by molar-refractivity contribution is 7.89. The fourth-order valence-electron chi connectivity index (χ4n) is 2.05. The summed E-state index contributed by atoms with van der Waals surface area (Å²) < 4.78 is 22.5. The summed E-state index contributed by atoms with van der Waals surface area (Å²) in [4.78, 5) is 13.9. The van der Waals surface area contributed by atoms with Gasteiger partial charge in [0, 0.05) is 25.4 Å². The molecule has 2 N–H and O–H groups in total. The molecule has 5 nitrogen and oxygen atoms in total. The molecule has 1 aromatic rings. The Morgan fingerprint density at radius 2 is 1.73 bits per heavy atom. The molecule has 0 heterocycles. The highest BCUT2D eigenvalue weighted by atomic mass is 35.5. The number of halogens is 1. The van der Waals surface area contributed by atoms with Crippen LogP contribution in [-0.2, 0) is 15.6 Å². The monoisotopic (exact) mass is 348 g/mol. The average Bonchev–Trinajstić information content (AvgIpc) is 2.36. The first-order valence-electron chi connectivity index (χ1n) is 6.76. The predicted molar refractivity (Wildman–Crippen MR) is 92.0 cm³/mol. The van der Waals surface area contributed by atoms with E-state index in [1.54, 1.807) is 36.2 Å². The number of rotatable bonds is 6. The molecule has 126 valence electrons. The van der Waals surface area contributed by atoms with E-state index >= 15 is 0 Å². The van der Waals surface area contributed by atoms with Crippen LogP contribution in [0.25, 0.3) is 0 Å². The van der Waals surface area contributed by atoms with Crippen LogP contribution in [0.3, 0.4) is 0 Å². The van der Waals surface area contributed by atoms with E-state index in [0.29, 0.717) is 24.2 Å². The van der Waals surface area contributed by atoms with Crippen molar-refractivity contribution in [1.29, 1.82) is 0 Å². The fraction of sp³-hybridized carbons (Fsp3) is 0.533. The Kier molecular flexibility index (Phi) is 7.54. The minimum atomic E-state index is -3.06. The van der Waals surface area contributed by atoms with E-state index in [-0.39, 0.29) is 29.5 Å². The van der Waals surface area contributed by atoms with E-state index in [9.17, 15) is 13.2 Å². The largest absolute Gasteiger partial charge is 0.341 e. The van der Waals surface area contributed by atoms with E-state index < -0.39 is 9.84 Å². The predicted octanol–water partition coefficient (Wildman–Crippen LogP) is 1.71. The molecule has 0 radical (unpaired) electrons. The van der Waals surface area contributed by atoms with Gasteiger partial charge in [0.1, 0.15) is 0 Å². The average molecular weight is 349 g/mol. The summed E-state index contributed by atoms with van der Waals surface area (Å²) in [6, 6.07) is 6.68. The van der Waals surface area contributed by atoms with Crippen LogP contribution < -0.4 is 5.73 Å². The third-order valence-electron chi connectivity index (χ3n) is 3.19. The molecule has 1 amide bonds. The lowest BCUT2D eigenvalue weighted by molar-refractivity contribution is 0.0740. The third-order valence-corrected chi connectivity index (χ3v) is 4.05. The molecule has 0 unspecified atom stereocenters. The van der Waals surface area contributed by atoms with Crippen molar-refractivity contribution in [2.45, 2.75) is 19.6 Å². The Morgan fingerprint density at radius 1 is 1.23 bits per heavy atom. The molecule has 22 heavy (non-hydrogen) atoms. The Bertz CT molecular complexity index is 598. The van der Waals surface area contributed by atoms with Gasteiger partial charge in [0.15, 0.2) is 9.84 Å². The molecular weight excluding hydrogens is 324 g/mol. The number of amides is 1. The summed E-state index contributed by atoms with van der Waals surface area (Å²) in [5.74, 6) is -0.111. The van der Waals surface area contributed by atoms with Gasteiger partial charge in [-0.2, -0.15) is 0 Å². The number of nitrogens with two attached hydrogens (primary N) is 1. The number of hydrogen-bond donors (Lipinski definition) is 1. The van der Waals surface area contributed by atoms with Gasteiger partial charge < -0.3 is 10.6 Å². The first-order valence-corrected chi connectivity index (χ1v) is 8.82. The van der Waals surface area contributed by atoms with Crippen molar-refractivity contribution in [3.63, 3.8) is 0 Å². The molecule has 0 aliphatic carbocycles. The molecule has 0 bridgehead atoms. The summed E-state index contributed by atoms with van der Waals surface area (Å²) >= 11 is 0. The number of nitrogens with zero attached hydrogens (tertiary/aromatic N) is 1. The van der Waals surface area contributed by atoms with Gasteiger partial charge in [-0.25, -0.2) is 8.42 Å². The molecule has 1 rings (SSSR count). The van der Waals surface area contributed by atoms with E-state index in [4.69, 9.17) is 5.73 Å². The lowest BCUT2D eigenvalue weighted by atomic mass is 9.93. The second-order valence-electron chi connectivity index (χ2n) is 6.30. The molecule has 0 fully saturated rings. The Balaban J connectivity index is 0.00000441. The maximum absolute atomic E-state index is 12.3. The standard InChI is InChI=1S/C15H24N2O3S.ClH/c1-15(2,10-16)11-17(3)14(18)13-7-5-12(6-8-13)9-21(4,19)20;/h5-8H,9-11,16H2,1-4H3;1H. The molecule has 0 saturated carbocycles. The van der Waals surface area contributed by atoms with Crippen molar-refractivity contribution in [3.8, 4) is 0 Å². The van der Waals surface area contributed by atoms with Crippen LogP contribution >= 0.6 is 12.4 Å². The summed E-state index contributed by atoms with van der Waals surface area (Å²) in [5.41, 5.74) is 6.76. The van der Waals surface area contributed by atoms with Crippen LogP contribution in [0.2, 0.25) is 0 Å². The van der Waals surface area contributed by atoms with Gasteiger partial charge in [-0.15, -0.1) is 12.4 Å². The van der Waals surface area contributed by atoms with Crippen LogP contribution in [0.1, 0.15) is 29.8 Å². The summed E-state index contributed by atoms with van der Waals surface area (Å²) in [6.45, 7) is 5.07. The molecule has 0 atom stereocenters. The number of carbonyl (C=O) groups excluding carboxylic acids is 1. The van der Waals surface area contributed by atoms with Crippen molar-refractivity contribution in [1.82, 2.24) is 4.90 Å².